The second-order valence-electron chi connectivity index (χ2n) is 5.66. The number of pyridine rings is 1. The van der Waals surface area contributed by atoms with Crippen LogP contribution in [0.25, 0.3) is 0 Å². The molecule has 2 aromatic carbocycles. The van der Waals surface area contributed by atoms with Crippen LogP contribution in [0.5, 0.6) is 0 Å². The molecule has 0 aliphatic rings. The maximum absolute atomic E-state index is 12.3. The summed E-state index contributed by atoms with van der Waals surface area (Å²) in [4.78, 5) is 16.5. The fourth-order valence-electron chi connectivity index (χ4n) is 2.31. The molecule has 5 nitrogen and oxygen atoms in total. The summed E-state index contributed by atoms with van der Waals surface area (Å²) in [5, 5.41) is 15.4. The highest BCUT2D eigenvalue weighted by Crippen LogP contribution is 2.24. The van der Waals surface area contributed by atoms with Crippen molar-refractivity contribution >= 4 is 34.6 Å². The number of aromatic nitrogens is 1. The first-order chi connectivity index (χ1) is 12.5. The van der Waals surface area contributed by atoms with E-state index >= 15 is 0 Å². The number of carbonyl (C=O) groups excluding carboxylic acids is 1. The van der Waals surface area contributed by atoms with Crippen LogP contribution < -0.4 is 10.6 Å². The standard InChI is InChI=1S/C20H15ClN4O/c1-13-2-5-15(21)10-19(13)24-17-8-9-18(23-12-17)20(26)25-16-6-3-14(11-22)4-7-16/h2-10,12,24H,1H3,(H,25,26). The fraction of sp³-hybridized carbons (Fsp3) is 0.0500. The number of amides is 1. The minimum Gasteiger partial charge on any atom is -0.354 e. The third-order valence-corrected chi connectivity index (χ3v) is 3.98. The average Bonchev–Trinajstić information content (AvgIpc) is 2.66. The van der Waals surface area contributed by atoms with Crippen molar-refractivity contribution in [3.63, 3.8) is 0 Å². The van der Waals surface area contributed by atoms with Crippen molar-refractivity contribution in [1.29, 1.82) is 5.26 Å². The van der Waals surface area contributed by atoms with E-state index in [4.69, 9.17) is 16.9 Å². The Balaban J connectivity index is 1.69. The number of halogens is 1. The third-order valence-electron chi connectivity index (χ3n) is 3.75. The monoisotopic (exact) mass is 362 g/mol. The summed E-state index contributed by atoms with van der Waals surface area (Å²) < 4.78 is 0. The number of nitrogens with zero attached hydrogens (tertiary/aromatic N) is 2. The van der Waals surface area contributed by atoms with E-state index in [1.165, 1.54) is 0 Å². The summed E-state index contributed by atoms with van der Waals surface area (Å²) in [5.41, 5.74) is 4.12. The second-order valence-corrected chi connectivity index (χ2v) is 6.10. The fourth-order valence-corrected chi connectivity index (χ4v) is 2.48. The number of hydrogen-bond donors (Lipinski definition) is 2. The number of hydrogen-bond acceptors (Lipinski definition) is 4. The van der Waals surface area contributed by atoms with E-state index in [0.717, 1.165) is 16.9 Å². The Kier molecular flexibility index (Phi) is 5.16. The highest BCUT2D eigenvalue weighted by molar-refractivity contribution is 6.30. The van der Waals surface area contributed by atoms with Crippen LogP contribution in [-0.4, -0.2) is 10.9 Å². The Labute approximate surface area is 156 Å². The van der Waals surface area contributed by atoms with Gasteiger partial charge in [-0.3, -0.25) is 4.79 Å². The van der Waals surface area contributed by atoms with Crippen molar-refractivity contribution < 1.29 is 4.79 Å². The summed E-state index contributed by atoms with van der Waals surface area (Å²) in [5.74, 6) is -0.319. The van der Waals surface area contributed by atoms with Gasteiger partial charge in [0.05, 0.1) is 23.5 Å². The van der Waals surface area contributed by atoms with Gasteiger partial charge in [-0.05, 0) is 61.0 Å². The van der Waals surface area contributed by atoms with Gasteiger partial charge in [0.1, 0.15) is 5.69 Å². The molecule has 0 saturated carbocycles. The number of nitrogens with one attached hydrogen (secondary N) is 2. The van der Waals surface area contributed by atoms with Crippen molar-refractivity contribution in [3.05, 3.63) is 82.6 Å². The van der Waals surface area contributed by atoms with Crippen LogP contribution in [0.2, 0.25) is 5.02 Å². The molecule has 128 valence electrons. The molecule has 0 atom stereocenters. The average molecular weight is 363 g/mol. The maximum Gasteiger partial charge on any atom is 0.274 e. The Morgan fingerprint density at radius 2 is 1.81 bits per heavy atom. The molecule has 3 aromatic rings. The Morgan fingerprint density at radius 1 is 1.08 bits per heavy atom. The lowest BCUT2D eigenvalue weighted by atomic mass is 10.2. The molecule has 0 spiro atoms. The van der Waals surface area contributed by atoms with Crippen molar-refractivity contribution in [1.82, 2.24) is 4.98 Å². The highest BCUT2D eigenvalue weighted by atomic mass is 35.5. The molecular weight excluding hydrogens is 348 g/mol. The van der Waals surface area contributed by atoms with Gasteiger partial charge in [0.2, 0.25) is 0 Å². The van der Waals surface area contributed by atoms with Crippen LogP contribution in [-0.2, 0) is 0 Å². The molecule has 0 saturated heterocycles. The summed E-state index contributed by atoms with van der Waals surface area (Å²) in [6, 6.07) is 17.7. The zero-order valence-corrected chi connectivity index (χ0v) is 14.7. The van der Waals surface area contributed by atoms with Gasteiger partial charge >= 0.3 is 0 Å². The molecule has 1 aromatic heterocycles. The van der Waals surface area contributed by atoms with Gasteiger partial charge in [-0.2, -0.15) is 5.26 Å². The smallest absolute Gasteiger partial charge is 0.274 e. The van der Waals surface area contributed by atoms with Gasteiger partial charge in [0.15, 0.2) is 0 Å². The van der Waals surface area contributed by atoms with E-state index in [9.17, 15) is 4.79 Å². The number of nitriles is 1. The Bertz CT molecular complexity index is 976. The van der Waals surface area contributed by atoms with E-state index in [1.54, 1.807) is 42.6 Å². The summed E-state index contributed by atoms with van der Waals surface area (Å²) in [7, 11) is 0. The highest BCUT2D eigenvalue weighted by Gasteiger charge is 2.08. The molecule has 26 heavy (non-hydrogen) atoms. The molecule has 0 aliphatic carbocycles. The molecule has 2 N–H and O–H groups in total. The van der Waals surface area contributed by atoms with Crippen LogP contribution in [0, 0.1) is 18.3 Å². The Hall–Kier alpha value is -3.36. The van der Waals surface area contributed by atoms with Crippen LogP contribution in [0.3, 0.4) is 0 Å². The van der Waals surface area contributed by atoms with Gasteiger partial charge < -0.3 is 10.6 Å². The van der Waals surface area contributed by atoms with Gasteiger partial charge in [0.25, 0.3) is 5.91 Å². The van der Waals surface area contributed by atoms with Crippen molar-refractivity contribution in [2.24, 2.45) is 0 Å². The topological polar surface area (TPSA) is 77.8 Å². The number of aryl methyl sites for hydroxylation is 1. The molecule has 1 amide bonds. The molecule has 6 heteroatoms. The zero-order valence-electron chi connectivity index (χ0n) is 14.0. The lowest BCUT2D eigenvalue weighted by Gasteiger charge is -2.10. The summed E-state index contributed by atoms with van der Waals surface area (Å²) in [6.07, 6.45) is 1.59. The Morgan fingerprint density at radius 3 is 2.46 bits per heavy atom. The van der Waals surface area contributed by atoms with Gasteiger partial charge in [-0.25, -0.2) is 4.98 Å². The van der Waals surface area contributed by atoms with Crippen LogP contribution in [0.1, 0.15) is 21.6 Å². The first kappa shape index (κ1) is 17.5. The van der Waals surface area contributed by atoms with Gasteiger partial charge in [0, 0.05) is 16.4 Å². The first-order valence-corrected chi connectivity index (χ1v) is 8.24. The van der Waals surface area contributed by atoms with Gasteiger partial charge in [-0.1, -0.05) is 17.7 Å². The van der Waals surface area contributed by atoms with Crippen LogP contribution in [0.4, 0.5) is 17.1 Å². The van der Waals surface area contributed by atoms with Crippen LogP contribution >= 0.6 is 11.6 Å². The van der Waals surface area contributed by atoms with Crippen LogP contribution in [0.15, 0.2) is 60.8 Å². The molecule has 3 rings (SSSR count). The number of anilines is 3. The largest absolute Gasteiger partial charge is 0.354 e. The number of carbonyl (C=O) groups is 1. The summed E-state index contributed by atoms with van der Waals surface area (Å²) >= 11 is 6.02. The van der Waals surface area contributed by atoms with Crippen molar-refractivity contribution in [2.45, 2.75) is 6.92 Å². The molecular formula is C20H15ClN4O. The maximum atomic E-state index is 12.3. The SMILES string of the molecule is Cc1ccc(Cl)cc1Nc1ccc(C(=O)Nc2ccc(C#N)cc2)nc1. The van der Waals surface area contributed by atoms with E-state index in [1.807, 2.05) is 31.2 Å². The molecule has 0 fully saturated rings. The second kappa shape index (κ2) is 7.68. The van der Waals surface area contributed by atoms with Crippen molar-refractivity contribution in [3.8, 4) is 6.07 Å². The first-order valence-electron chi connectivity index (χ1n) is 7.86. The normalized spacial score (nSPS) is 10.0. The number of rotatable bonds is 4. The molecule has 0 bridgehead atoms. The van der Waals surface area contributed by atoms with E-state index < -0.39 is 0 Å². The van der Waals surface area contributed by atoms with Crippen molar-refractivity contribution in [2.75, 3.05) is 10.6 Å². The third kappa shape index (κ3) is 4.18. The minimum absolute atomic E-state index is 0.294. The molecule has 0 radical (unpaired) electrons. The van der Waals surface area contributed by atoms with E-state index in [2.05, 4.69) is 15.6 Å². The predicted molar refractivity (Wildman–Crippen MR) is 103 cm³/mol. The predicted octanol–water partition coefficient (Wildman–Crippen LogP) is 4.91. The lowest BCUT2D eigenvalue weighted by molar-refractivity contribution is 0.102. The molecule has 0 aliphatic heterocycles. The zero-order chi connectivity index (χ0) is 18.5. The number of benzene rings is 2. The van der Waals surface area contributed by atoms with E-state index in [0.29, 0.717) is 22.0 Å². The molecule has 0 unspecified atom stereocenters. The van der Waals surface area contributed by atoms with Gasteiger partial charge in [-0.15, -0.1) is 0 Å². The quantitative estimate of drug-likeness (QED) is 0.691. The van der Waals surface area contributed by atoms with E-state index in [-0.39, 0.29) is 5.91 Å². The molecule has 1 heterocycles. The lowest BCUT2D eigenvalue weighted by Crippen LogP contribution is -2.13. The minimum atomic E-state index is -0.319. The summed E-state index contributed by atoms with van der Waals surface area (Å²) in [6.45, 7) is 1.98.